The van der Waals surface area contributed by atoms with E-state index < -0.39 is 0 Å². The van der Waals surface area contributed by atoms with Crippen LogP contribution in [0.1, 0.15) is 55.1 Å². The molecule has 0 atom stereocenters. The highest BCUT2D eigenvalue weighted by Gasteiger charge is 2.11. The summed E-state index contributed by atoms with van der Waals surface area (Å²) in [6, 6.07) is 1.79. The standard InChI is InChI=1S/C20H34N4O2.HI/c1-5-7-8-9-10-15-24(4)20(21-6-2)23-14-11-13-22-19(25)18-17(3)12-16-26-18;/h5,12,16H,1,6-11,13-15H2,2-4H3,(H,21,23)(H,22,25);1H. The maximum absolute atomic E-state index is 12.0. The van der Waals surface area contributed by atoms with Crippen LogP contribution in [0.15, 0.2) is 34.4 Å². The number of nitrogens with one attached hydrogen (secondary N) is 2. The molecule has 27 heavy (non-hydrogen) atoms. The van der Waals surface area contributed by atoms with Crippen molar-refractivity contribution in [3.8, 4) is 0 Å². The molecular formula is C20H35IN4O2. The van der Waals surface area contributed by atoms with Crippen LogP contribution >= 0.6 is 24.0 Å². The predicted molar refractivity (Wildman–Crippen MR) is 123 cm³/mol. The fourth-order valence-electron chi connectivity index (χ4n) is 2.54. The third kappa shape index (κ3) is 10.4. The van der Waals surface area contributed by atoms with Gasteiger partial charge in [-0.3, -0.25) is 9.79 Å². The highest BCUT2D eigenvalue weighted by Crippen LogP contribution is 2.08. The highest BCUT2D eigenvalue weighted by molar-refractivity contribution is 14.0. The minimum Gasteiger partial charge on any atom is -0.459 e. The second-order valence-corrected chi connectivity index (χ2v) is 6.34. The van der Waals surface area contributed by atoms with Gasteiger partial charge in [0.2, 0.25) is 0 Å². The quantitative estimate of drug-likeness (QED) is 0.153. The molecule has 0 saturated carbocycles. The van der Waals surface area contributed by atoms with Crippen LogP contribution in [-0.2, 0) is 0 Å². The average molecular weight is 490 g/mol. The van der Waals surface area contributed by atoms with Crippen molar-refractivity contribution in [2.45, 2.75) is 46.0 Å². The molecule has 1 amide bonds. The zero-order chi connectivity index (χ0) is 19.2. The number of amides is 1. The van der Waals surface area contributed by atoms with E-state index in [9.17, 15) is 4.79 Å². The molecule has 0 unspecified atom stereocenters. The van der Waals surface area contributed by atoms with Crippen LogP contribution in [0, 0.1) is 6.92 Å². The number of hydrogen-bond acceptors (Lipinski definition) is 3. The number of nitrogens with zero attached hydrogens (tertiary/aromatic N) is 2. The monoisotopic (exact) mass is 490 g/mol. The molecule has 0 spiro atoms. The van der Waals surface area contributed by atoms with E-state index in [0.29, 0.717) is 18.8 Å². The predicted octanol–water partition coefficient (Wildman–Crippen LogP) is 3.97. The van der Waals surface area contributed by atoms with Crippen molar-refractivity contribution in [2.75, 3.05) is 33.2 Å². The van der Waals surface area contributed by atoms with Gasteiger partial charge in [-0.1, -0.05) is 12.5 Å². The molecule has 6 nitrogen and oxygen atoms in total. The van der Waals surface area contributed by atoms with Crippen LogP contribution in [0.25, 0.3) is 0 Å². The second-order valence-electron chi connectivity index (χ2n) is 6.34. The molecule has 2 N–H and O–H groups in total. The zero-order valence-corrected chi connectivity index (χ0v) is 19.3. The lowest BCUT2D eigenvalue weighted by atomic mass is 10.2. The number of unbranched alkanes of at least 4 members (excludes halogenated alkanes) is 3. The lowest BCUT2D eigenvalue weighted by Crippen LogP contribution is -2.39. The van der Waals surface area contributed by atoms with E-state index in [2.05, 4.69) is 41.1 Å². The number of hydrogen-bond donors (Lipinski definition) is 2. The van der Waals surface area contributed by atoms with Gasteiger partial charge < -0.3 is 20.0 Å². The maximum Gasteiger partial charge on any atom is 0.287 e. The second kappa shape index (κ2) is 15.5. The Balaban J connectivity index is 0.00000676. The minimum absolute atomic E-state index is 0. The zero-order valence-electron chi connectivity index (χ0n) is 16.9. The van der Waals surface area contributed by atoms with Gasteiger partial charge in [0, 0.05) is 38.8 Å². The molecule has 0 bridgehead atoms. The smallest absolute Gasteiger partial charge is 0.287 e. The lowest BCUT2D eigenvalue weighted by Gasteiger charge is -2.22. The van der Waals surface area contributed by atoms with Crippen LogP contribution in [0.3, 0.4) is 0 Å². The summed E-state index contributed by atoms with van der Waals surface area (Å²) in [5.74, 6) is 1.14. The molecule has 154 valence electrons. The Morgan fingerprint density at radius 1 is 1.30 bits per heavy atom. The number of carbonyl (C=O) groups excluding carboxylic acids is 1. The van der Waals surface area contributed by atoms with E-state index in [4.69, 9.17) is 4.42 Å². The van der Waals surface area contributed by atoms with Crippen LogP contribution in [0.5, 0.6) is 0 Å². The van der Waals surface area contributed by atoms with Gasteiger partial charge >= 0.3 is 0 Å². The Hall–Kier alpha value is -1.51. The van der Waals surface area contributed by atoms with Crippen LogP contribution in [-0.4, -0.2) is 50.0 Å². The van der Waals surface area contributed by atoms with Gasteiger partial charge in [-0.05, 0) is 45.6 Å². The van der Waals surface area contributed by atoms with Crippen LogP contribution in [0.4, 0.5) is 0 Å². The van der Waals surface area contributed by atoms with Crippen molar-refractivity contribution >= 4 is 35.8 Å². The molecule has 7 heteroatoms. The number of guanidine groups is 1. The third-order valence-electron chi connectivity index (χ3n) is 4.05. The first kappa shape index (κ1) is 25.5. The van der Waals surface area contributed by atoms with Crippen molar-refractivity contribution in [1.29, 1.82) is 0 Å². The molecule has 0 aliphatic heterocycles. The normalized spacial score (nSPS) is 10.9. The molecule has 0 aliphatic carbocycles. The molecule has 0 aromatic carbocycles. The van der Waals surface area contributed by atoms with Gasteiger partial charge in [0.05, 0.1) is 6.26 Å². The molecule has 1 rings (SSSR count). The number of rotatable bonds is 12. The summed E-state index contributed by atoms with van der Waals surface area (Å²) >= 11 is 0. The van der Waals surface area contributed by atoms with E-state index in [-0.39, 0.29) is 29.9 Å². The van der Waals surface area contributed by atoms with E-state index >= 15 is 0 Å². The van der Waals surface area contributed by atoms with Crippen molar-refractivity contribution in [3.63, 3.8) is 0 Å². The first-order valence-corrected chi connectivity index (χ1v) is 9.52. The summed E-state index contributed by atoms with van der Waals surface area (Å²) in [4.78, 5) is 18.8. The molecule has 0 radical (unpaired) electrons. The van der Waals surface area contributed by atoms with Gasteiger partial charge in [0.1, 0.15) is 0 Å². The van der Waals surface area contributed by atoms with Crippen molar-refractivity contribution in [2.24, 2.45) is 4.99 Å². The SMILES string of the molecule is C=CCCCCCN(C)C(=NCCCNC(=O)c1occc1C)NCC.I. The van der Waals surface area contributed by atoms with E-state index in [1.807, 2.05) is 13.0 Å². The first-order chi connectivity index (χ1) is 12.6. The maximum atomic E-state index is 12.0. The van der Waals surface area contributed by atoms with Gasteiger partial charge in [-0.15, -0.1) is 30.6 Å². The van der Waals surface area contributed by atoms with E-state index in [1.165, 1.54) is 19.1 Å². The van der Waals surface area contributed by atoms with Crippen LogP contribution in [0.2, 0.25) is 0 Å². The topological polar surface area (TPSA) is 69.9 Å². The lowest BCUT2D eigenvalue weighted by molar-refractivity contribution is 0.0925. The molecule has 0 saturated heterocycles. The fraction of sp³-hybridized carbons (Fsp3) is 0.600. The minimum atomic E-state index is -0.167. The van der Waals surface area contributed by atoms with Crippen molar-refractivity contribution < 1.29 is 9.21 Å². The Morgan fingerprint density at radius 3 is 2.70 bits per heavy atom. The molecule has 0 fully saturated rings. The summed E-state index contributed by atoms with van der Waals surface area (Å²) in [6.45, 7) is 10.8. The number of carbonyl (C=O) groups is 1. The molecule has 1 aromatic rings. The van der Waals surface area contributed by atoms with Gasteiger partial charge in [0.25, 0.3) is 5.91 Å². The number of furan rings is 1. The summed E-state index contributed by atoms with van der Waals surface area (Å²) in [7, 11) is 2.07. The van der Waals surface area contributed by atoms with E-state index in [1.54, 1.807) is 6.07 Å². The number of aliphatic imine (C=N–C) groups is 1. The Kier molecular flexibility index (Phi) is 14.7. The third-order valence-corrected chi connectivity index (χ3v) is 4.05. The molecule has 0 aliphatic rings. The molecule has 1 aromatic heterocycles. The number of halogens is 1. The Morgan fingerprint density at radius 2 is 2.07 bits per heavy atom. The highest BCUT2D eigenvalue weighted by atomic mass is 127. The number of allylic oxidation sites excluding steroid dienone is 1. The summed E-state index contributed by atoms with van der Waals surface area (Å²) in [5.41, 5.74) is 0.852. The van der Waals surface area contributed by atoms with Crippen molar-refractivity contribution in [1.82, 2.24) is 15.5 Å². The molecule has 1 heterocycles. The summed E-state index contributed by atoms with van der Waals surface area (Å²) in [6.07, 6.45) is 8.92. The van der Waals surface area contributed by atoms with Crippen LogP contribution < -0.4 is 10.6 Å². The van der Waals surface area contributed by atoms with Gasteiger partial charge in [-0.2, -0.15) is 0 Å². The van der Waals surface area contributed by atoms with Gasteiger partial charge in [0.15, 0.2) is 11.7 Å². The first-order valence-electron chi connectivity index (χ1n) is 9.52. The molecular weight excluding hydrogens is 455 g/mol. The Labute approximate surface area is 180 Å². The van der Waals surface area contributed by atoms with E-state index in [0.717, 1.165) is 43.9 Å². The largest absolute Gasteiger partial charge is 0.459 e. The van der Waals surface area contributed by atoms with Gasteiger partial charge in [-0.25, -0.2) is 0 Å². The summed E-state index contributed by atoms with van der Waals surface area (Å²) in [5, 5.41) is 6.19. The fourth-order valence-corrected chi connectivity index (χ4v) is 2.54. The summed E-state index contributed by atoms with van der Waals surface area (Å²) < 4.78 is 5.19. The average Bonchev–Trinajstić information content (AvgIpc) is 3.06. The van der Waals surface area contributed by atoms with Crippen molar-refractivity contribution in [3.05, 3.63) is 36.3 Å². The Bertz CT molecular complexity index is 572. The number of aryl methyl sites for hydroxylation is 1.